The van der Waals surface area contributed by atoms with Gasteiger partial charge in [0.2, 0.25) is 5.95 Å². The quantitative estimate of drug-likeness (QED) is 0.672. The lowest BCUT2D eigenvalue weighted by atomic mass is 9.87. The van der Waals surface area contributed by atoms with Crippen molar-refractivity contribution in [3.63, 3.8) is 0 Å². The third-order valence-corrected chi connectivity index (χ3v) is 5.87. The Balaban J connectivity index is 1.65. The van der Waals surface area contributed by atoms with Crippen LogP contribution in [0.4, 0.5) is 11.6 Å². The standard InChI is InChI=1S/C21H21N3OS/c1-21(2,3)14-5-7-15(8-6-14)23-20-22-11-13-4-9-18-17(19(13)24-20)10-16(12-25)26-18/h4-9,11-12,16H,10H2,1-3H3,(H,22,23,24). The van der Waals surface area contributed by atoms with E-state index in [-0.39, 0.29) is 10.7 Å². The van der Waals surface area contributed by atoms with Crippen LogP contribution in [0.2, 0.25) is 0 Å². The highest BCUT2D eigenvalue weighted by Crippen LogP contribution is 2.39. The van der Waals surface area contributed by atoms with Crippen LogP contribution in [0.1, 0.15) is 31.9 Å². The van der Waals surface area contributed by atoms with Gasteiger partial charge in [0, 0.05) is 22.2 Å². The molecule has 26 heavy (non-hydrogen) atoms. The molecule has 4 rings (SSSR count). The molecule has 0 fully saturated rings. The van der Waals surface area contributed by atoms with Crippen LogP contribution in [-0.2, 0) is 16.6 Å². The number of fused-ring (bicyclic) bond motifs is 3. The number of benzene rings is 2. The van der Waals surface area contributed by atoms with Gasteiger partial charge in [0.1, 0.15) is 6.29 Å². The molecule has 132 valence electrons. The number of nitrogens with zero attached hydrogens (tertiary/aromatic N) is 2. The minimum atomic E-state index is -0.00748. The zero-order chi connectivity index (χ0) is 18.3. The summed E-state index contributed by atoms with van der Waals surface area (Å²) in [6, 6.07) is 12.5. The smallest absolute Gasteiger partial charge is 0.227 e. The third-order valence-electron chi connectivity index (χ3n) is 4.66. The molecule has 0 spiro atoms. The lowest BCUT2D eigenvalue weighted by Gasteiger charge is -2.19. The largest absolute Gasteiger partial charge is 0.324 e. The van der Waals surface area contributed by atoms with E-state index in [4.69, 9.17) is 4.98 Å². The average molecular weight is 363 g/mol. The number of nitrogens with one attached hydrogen (secondary N) is 1. The Morgan fingerprint density at radius 3 is 2.62 bits per heavy atom. The van der Waals surface area contributed by atoms with Gasteiger partial charge in [-0.05, 0) is 41.2 Å². The highest BCUT2D eigenvalue weighted by atomic mass is 32.2. The second-order valence-electron chi connectivity index (χ2n) is 7.62. The van der Waals surface area contributed by atoms with E-state index < -0.39 is 0 Å². The van der Waals surface area contributed by atoms with Crippen molar-refractivity contribution < 1.29 is 4.79 Å². The molecule has 1 aromatic heterocycles. The normalized spacial score (nSPS) is 16.5. The minimum absolute atomic E-state index is 0.00748. The highest BCUT2D eigenvalue weighted by Gasteiger charge is 2.24. The van der Waals surface area contributed by atoms with Gasteiger partial charge in [-0.25, -0.2) is 9.97 Å². The zero-order valence-electron chi connectivity index (χ0n) is 15.1. The Bertz CT molecular complexity index is 977. The van der Waals surface area contributed by atoms with E-state index in [9.17, 15) is 4.79 Å². The van der Waals surface area contributed by atoms with Gasteiger partial charge in [0.05, 0.1) is 10.8 Å². The summed E-state index contributed by atoms with van der Waals surface area (Å²) in [5, 5.41) is 4.29. The topological polar surface area (TPSA) is 54.9 Å². The monoisotopic (exact) mass is 363 g/mol. The lowest BCUT2D eigenvalue weighted by molar-refractivity contribution is -0.107. The Hall–Kier alpha value is -2.40. The summed E-state index contributed by atoms with van der Waals surface area (Å²) in [6.45, 7) is 6.60. The van der Waals surface area contributed by atoms with E-state index in [0.29, 0.717) is 5.95 Å². The van der Waals surface area contributed by atoms with E-state index in [1.807, 2.05) is 12.3 Å². The number of carbonyl (C=O) groups is 1. The van der Waals surface area contributed by atoms with Gasteiger partial charge >= 0.3 is 0 Å². The van der Waals surface area contributed by atoms with E-state index in [0.717, 1.165) is 39.8 Å². The molecule has 0 saturated heterocycles. The molecule has 4 nitrogen and oxygen atoms in total. The number of anilines is 2. The summed E-state index contributed by atoms with van der Waals surface area (Å²) < 4.78 is 0. The van der Waals surface area contributed by atoms with Crippen molar-refractivity contribution in [1.29, 1.82) is 0 Å². The fourth-order valence-electron chi connectivity index (χ4n) is 3.17. The predicted octanol–water partition coefficient (Wildman–Crippen LogP) is 4.89. The van der Waals surface area contributed by atoms with Crippen molar-refractivity contribution in [3.05, 3.63) is 53.7 Å². The van der Waals surface area contributed by atoms with Crippen LogP contribution in [0, 0.1) is 0 Å². The number of aromatic nitrogens is 2. The first kappa shape index (κ1) is 17.0. The van der Waals surface area contributed by atoms with E-state index in [1.165, 1.54) is 5.56 Å². The van der Waals surface area contributed by atoms with Crippen molar-refractivity contribution in [2.75, 3.05) is 5.32 Å². The van der Waals surface area contributed by atoms with Crippen molar-refractivity contribution in [3.8, 4) is 0 Å². The minimum Gasteiger partial charge on any atom is -0.324 e. The number of rotatable bonds is 3. The van der Waals surface area contributed by atoms with E-state index in [1.54, 1.807) is 11.8 Å². The van der Waals surface area contributed by atoms with Crippen LogP contribution in [0.5, 0.6) is 0 Å². The lowest BCUT2D eigenvalue weighted by Crippen LogP contribution is -2.10. The molecule has 1 N–H and O–H groups in total. The Kier molecular flexibility index (Phi) is 4.19. The first-order valence-corrected chi connectivity index (χ1v) is 9.60. The summed E-state index contributed by atoms with van der Waals surface area (Å²) >= 11 is 1.62. The number of hydrogen-bond donors (Lipinski definition) is 1. The Labute approximate surface area is 157 Å². The molecule has 1 unspecified atom stereocenters. The first-order valence-electron chi connectivity index (χ1n) is 8.72. The van der Waals surface area contributed by atoms with Gasteiger partial charge < -0.3 is 10.1 Å². The Morgan fingerprint density at radius 2 is 1.92 bits per heavy atom. The molecule has 0 saturated carbocycles. The van der Waals surface area contributed by atoms with Crippen LogP contribution >= 0.6 is 11.8 Å². The fraction of sp³-hybridized carbons (Fsp3) is 0.286. The maximum atomic E-state index is 11.2. The second kappa shape index (κ2) is 6.40. The van der Waals surface area contributed by atoms with Gasteiger partial charge in [-0.3, -0.25) is 0 Å². The summed E-state index contributed by atoms with van der Waals surface area (Å²) in [6.07, 6.45) is 3.60. The molecule has 3 aromatic rings. The number of aldehydes is 1. The number of carbonyl (C=O) groups excluding carboxylic acids is 1. The van der Waals surface area contributed by atoms with Crippen molar-refractivity contribution >= 4 is 40.6 Å². The van der Waals surface area contributed by atoms with E-state index >= 15 is 0 Å². The SMILES string of the molecule is CC(C)(C)c1ccc(Nc2ncc3ccc4c(c3n2)CC(C=O)S4)cc1. The Morgan fingerprint density at radius 1 is 1.15 bits per heavy atom. The molecule has 5 heteroatoms. The second-order valence-corrected chi connectivity index (χ2v) is 8.90. The molecule has 2 aromatic carbocycles. The van der Waals surface area contributed by atoms with Gasteiger partial charge in [-0.15, -0.1) is 11.8 Å². The van der Waals surface area contributed by atoms with Gasteiger partial charge in [-0.1, -0.05) is 39.0 Å². The van der Waals surface area contributed by atoms with Crippen molar-refractivity contribution in [1.82, 2.24) is 9.97 Å². The molecular formula is C21H21N3OS. The van der Waals surface area contributed by atoms with Crippen LogP contribution in [0.15, 0.2) is 47.5 Å². The van der Waals surface area contributed by atoms with E-state index in [2.05, 4.69) is 61.4 Å². The summed E-state index contributed by atoms with van der Waals surface area (Å²) in [7, 11) is 0. The summed E-state index contributed by atoms with van der Waals surface area (Å²) in [5.74, 6) is 0.578. The molecule has 1 atom stereocenters. The molecule has 1 aliphatic rings. The molecule has 2 heterocycles. The van der Waals surface area contributed by atoms with Crippen molar-refractivity contribution in [2.45, 2.75) is 42.8 Å². The molecule has 0 radical (unpaired) electrons. The fourth-order valence-corrected chi connectivity index (χ4v) is 4.27. The highest BCUT2D eigenvalue weighted by molar-refractivity contribution is 8.00. The van der Waals surface area contributed by atoms with Gasteiger partial charge in [-0.2, -0.15) is 0 Å². The molecular weight excluding hydrogens is 342 g/mol. The molecule has 1 aliphatic heterocycles. The zero-order valence-corrected chi connectivity index (χ0v) is 15.9. The summed E-state index contributed by atoms with van der Waals surface area (Å²) in [5.41, 5.74) is 4.47. The number of hydrogen-bond acceptors (Lipinski definition) is 5. The molecule has 0 aliphatic carbocycles. The molecule has 0 bridgehead atoms. The average Bonchev–Trinajstić information content (AvgIpc) is 3.05. The number of thioether (sulfide) groups is 1. The van der Waals surface area contributed by atoms with Crippen LogP contribution in [0.25, 0.3) is 10.9 Å². The van der Waals surface area contributed by atoms with Crippen molar-refractivity contribution in [2.24, 2.45) is 0 Å². The van der Waals surface area contributed by atoms with Crippen LogP contribution in [0.3, 0.4) is 0 Å². The van der Waals surface area contributed by atoms with Crippen LogP contribution in [-0.4, -0.2) is 21.5 Å². The summed E-state index contributed by atoms with van der Waals surface area (Å²) in [4.78, 5) is 21.5. The van der Waals surface area contributed by atoms with Gasteiger partial charge in [0.15, 0.2) is 0 Å². The predicted molar refractivity (Wildman–Crippen MR) is 107 cm³/mol. The maximum absolute atomic E-state index is 11.2. The van der Waals surface area contributed by atoms with Gasteiger partial charge in [0.25, 0.3) is 0 Å². The third kappa shape index (κ3) is 3.19. The first-order chi connectivity index (χ1) is 12.4. The van der Waals surface area contributed by atoms with Crippen LogP contribution < -0.4 is 5.32 Å². The maximum Gasteiger partial charge on any atom is 0.227 e. The molecule has 0 amide bonds.